The van der Waals surface area contributed by atoms with Crippen molar-refractivity contribution in [3.63, 3.8) is 0 Å². The van der Waals surface area contributed by atoms with E-state index in [9.17, 15) is 9.18 Å². The van der Waals surface area contributed by atoms with E-state index in [-0.39, 0.29) is 24.0 Å². The van der Waals surface area contributed by atoms with E-state index >= 15 is 0 Å². The summed E-state index contributed by atoms with van der Waals surface area (Å²) in [5.74, 6) is 0.385. The Bertz CT molecular complexity index is 902. The number of ether oxygens (including phenoxy) is 1. The lowest BCUT2D eigenvalue weighted by Crippen LogP contribution is -2.24. The van der Waals surface area contributed by atoms with Gasteiger partial charge in [-0.1, -0.05) is 42.1 Å². The summed E-state index contributed by atoms with van der Waals surface area (Å²) in [5, 5.41) is 11.7. The molecular weight excluding hydrogens is 367 g/mol. The van der Waals surface area contributed by atoms with Crippen molar-refractivity contribution < 1.29 is 13.9 Å². The second kappa shape index (κ2) is 9.18. The summed E-state index contributed by atoms with van der Waals surface area (Å²) < 4.78 is 21.2. The average molecular weight is 386 g/mol. The Morgan fingerprint density at radius 1 is 1.15 bits per heavy atom. The Kier molecular flexibility index (Phi) is 6.43. The summed E-state index contributed by atoms with van der Waals surface area (Å²) in [6.45, 7) is 2.49. The van der Waals surface area contributed by atoms with Crippen LogP contribution in [0.1, 0.15) is 12.7 Å². The number of amides is 1. The number of para-hydroxylation sites is 2. The summed E-state index contributed by atoms with van der Waals surface area (Å²) in [5.41, 5.74) is 0.841. The number of carbonyl (C=O) groups is 1. The highest BCUT2D eigenvalue weighted by Gasteiger charge is 2.16. The average Bonchev–Trinajstić information content (AvgIpc) is 3.09. The SMILES string of the molecule is CCNC(=O)CSc1nnc(COc2ccccc2F)n1-c1ccccc1. The van der Waals surface area contributed by atoms with Crippen molar-refractivity contribution in [3.8, 4) is 11.4 Å². The van der Waals surface area contributed by atoms with Crippen molar-refractivity contribution in [2.24, 2.45) is 0 Å². The number of nitrogens with zero attached hydrogens (tertiary/aromatic N) is 3. The molecule has 0 aliphatic heterocycles. The van der Waals surface area contributed by atoms with Crippen molar-refractivity contribution in [1.82, 2.24) is 20.1 Å². The molecule has 0 fully saturated rings. The van der Waals surface area contributed by atoms with Crippen LogP contribution in [0.3, 0.4) is 0 Å². The summed E-state index contributed by atoms with van der Waals surface area (Å²) in [7, 11) is 0. The highest BCUT2D eigenvalue weighted by Crippen LogP contribution is 2.23. The van der Waals surface area contributed by atoms with E-state index in [1.807, 2.05) is 41.8 Å². The molecule has 0 radical (unpaired) electrons. The first-order valence-electron chi connectivity index (χ1n) is 8.45. The van der Waals surface area contributed by atoms with Crippen LogP contribution in [0.25, 0.3) is 5.69 Å². The summed E-state index contributed by atoms with van der Waals surface area (Å²) in [6, 6.07) is 15.7. The second-order valence-corrected chi connectivity index (χ2v) is 6.47. The Balaban J connectivity index is 1.83. The lowest BCUT2D eigenvalue weighted by atomic mass is 10.3. The molecule has 1 N–H and O–H groups in total. The van der Waals surface area contributed by atoms with E-state index in [4.69, 9.17) is 4.74 Å². The number of rotatable bonds is 8. The van der Waals surface area contributed by atoms with Gasteiger partial charge < -0.3 is 10.1 Å². The number of thioether (sulfide) groups is 1. The molecule has 0 aliphatic carbocycles. The number of nitrogens with one attached hydrogen (secondary N) is 1. The van der Waals surface area contributed by atoms with Crippen molar-refractivity contribution in [2.75, 3.05) is 12.3 Å². The van der Waals surface area contributed by atoms with Gasteiger partial charge in [0.05, 0.1) is 5.75 Å². The lowest BCUT2D eigenvalue weighted by molar-refractivity contribution is -0.118. The summed E-state index contributed by atoms with van der Waals surface area (Å²) >= 11 is 1.28. The predicted molar refractivity (Wildman–Crippen MR) is 101 cm³/mol. The number of aromatic nitrogens is 3. The molecule has 1 amide bonds. The van der Waals surface area contributed by atoms with Gasteiger partial charge in [-0.25, -0.2) is 4.39 Å². The van der Waals surface area contributed by atoms with Crippen molar-refractivity contribution >= 4 is 17.7 Å². The molecule has 0 bridgehead atoms. The molecular formula is C19H19FN4O2S. The van der Waals surface area contributed by atoms with Gasteiger partial charge in [0.1, 0.15) is 6.61 Å². The van der Waals surface area contributed by atoms with Crippen molar-refractivity contribution in [1.29, 1.82) is 0 Å². The molecule has 0 spiro atoms. The predicted octanol–water partition coefficient (Wildman–Crippen LogP) is 3.21. The minimum Gasteiger partial charge on any atom is -0.483 e. The number of hydrogen-bond acceptors (Lipinski definition) is 5. The van der Waals surface area contributed by atoms with Gasteiger partial charge in [-0.2, -0.15) is 0 Å². The van der Waals surface area contributed by atoms with Crippen LogP contribution in [0.15, 0.2) is 59.8 Å². The Labute approximate surface area is 160 Å². The molecule has 0 unspecified atom stereocenters. The molecule has 1 aromatic heterocycles. The number of hydrogen-bond donors (Lipinski definition) is 1. The van der Waals surface area contributed by atoms with Crippen LogP contribution in [0, 0.1) is 5.82 Å². The summed E-state index contributed by atoms with van der Waals surface area (Å²) in [6.07, 6.45) is 0. The maximum atomic E-state index is 13.8. The Morgan fingerprint density at radius 3 is 2.63 bits per heavy atom. The molecule has 3 rings (SSSR count). The summed E-state index contributed by atoms with van der Waals surface area (Å²) in [4.78, 5) is 11.8. The zero-order valence-electron chi connectivity index (χ0n) is 14.8. The van der Waals surface area contributed by atoms with Gasteiger partial charge in [0.25, 0.3) is 0 Å². The fraction of sp³-hybridized carbons (Fsp3) is 0.211. The quantitative estimate of drug-likeness (QED) is 0.602. The highest BCUT2D eigenvalue weighted by molar-refractivity contribution is 7.99. The molecule has 3 aromatic rings. The monoisotopic (exact) mass is 386 g/mol. The third-order valence-electron chi connectivity index (χ3n) is 3.61. The van der Waals surface area contributed by atoms with Crippen molar-refractivity contribution in [2.45, 2.75) is 18.7 Å². The first-order chi connectivity index (χ1) is 13.2. The van der Waals surface area contributed by atoms with Gasteiger partial charge in [0.2, 0.25) is 5.91 Å². The van der Waals surface area contributed by atoms with Crippen molar-refractivity contribution in [3.05, 3.63) is 66.2 Å². The van der Waals surface area contributed by atoms with Crippen LogP contribution in [0.4, 0.5) is 4.39 Å². The Morgan fingerprint density at radius 2 is 1.89 bits per heavy atom. The largest absolute Gasteiger partial charge is 0.483 e. The molecule has 0 aliphatic rings. The molecule has 6 nitrogen and oxygen atoms in total. The molecule has 1 heterocycles. The van der Waals surface area contributed by atoms with E-state index in [0.29, 0.717) is 17.5 Å². The number of carbonyl (C=O) groups excluding carboxylic acids is 1. The van der Waals surface area contributed by atoms with Crippen LogP contribution in [-0.2, 0) is 11.4 Å². The van der Waals surface area contributed by atoms with Crippen LogP contribution >= 0.6 is 11.8 Å². The molecule has 0 atom stereocenters. The third-order valence-corrected chi connectivity index (χ3v) is 4.54. The minimum absolute atomic E-state index is 0.0462. The first-order valence-corrected chi connectivity index (χ1v) is 9.44. The Hall–Kier alpha value is -2.87. The second-order valence-electron chi connectivity index (χ2n) is 5.53. The molecule has 0 saturated heterocycles. The first kappa shape index (κ1) is 18.9. The van der Waals surface area contributed by atoms with Gasteiger partial charge in [-0.3, -0.25) is 9.36 Å². The third kappa shape index (κ3) is 4.85. The lowest BCUT2D eigenvalue weighted by Gasteiger charge is -2.11. The van der Waals surface area contributed by atoms with Gasteiger partial charge in [-0.15, -0.1) is 10.2 Å². The molecule has 2 aromatic carbocycles. The molecule has 0 saturated carbocycles. The van der Waals surface area contributed by atoms with Crippen LogP contribution in [0.5, 0.6) is 5.75 Å². The van der Waals surface area contributed by atoms with Gasteiger partial charge >= 0.3 is 0 Å². The van der Waals surface area contributed by atoms with Gasteiger partial charge in [0, 0.05) is 12.2 Å². The maximum Gasteiger partial charge on any atom is 0.230 e. The van der Waals surface area contributed by atoms with Gasteiger partial charge in [0.15, 0.2) is 22.5 Å². The zero-order valence-corrected chi connectivity index (χ0v) is 15.6. The van der Waals surface area contributed by atoms with E-state index in [0.717, 1.165) is 5.69 Å². The fourth-order valence-corrected chi connectivity index (χ4v) is 3.21. The van der Waals surface area contributed by atoms with E-state index in [2.05, 4.69) is 15.5 Å². The molecule has 27 heavy (non-hydrogen) atoms. The van der Waals surface area contributed by atoms with Crippen LogP contribution < -0.4 is 10.1 Å². The fourth-order valence-electron chi connectivity index (χ4n) is 2.41. The zero-order chi connectivity index (χ0) is 19.1. The van der Waals surface area contributed by atoms with E-state index < -0.39 is 5.82 Å². The smallest absolute Gasteiger partial charge is 0.230 e. The standard InChI is InChI=1S/C19H19FN4O2S/c1-2-21-18(25)13-27-19-23-22-17(24(19)14-8-4-3-5-9-14)12-26-16-11-7-6-10-15(16)20/h3-11H,2,12-13H2,1H3,(H,21,25). The molecule has 8 heteroatoms. The maximum absolute atomic E-state index is 13.8. The topological polar surface area (TPSA) is 69.0 Å². The van der Waals surface area contributed by atoms with Crippen LogP contribution in [-0.4, -0.2) is 33.0 Å². The minimum atomic E-state index is -0.436. The number of halogens is 1. The van der Waals surface area contributed by atoms with Gasteiger partial charge in [-0.05, 0) is 31.2 Å². The number of benzene rings is 2. The van der Waals surface area contributed by atoms with E-state index in [1.165, 1.54) is 17.8 Å². The molecule has 140 valence electrons. The van der Waals surface area contributed by atoms with Crippen LogP contribution in [0.2, 0.25) is 0 Å². The highest BCUT2D eigenvalue weighted by atomic mass is 32.2. The normalized spacial score (nSPS) is 10.6. The van der Waals surface area contributed by atoms with E-state index in [1.54, 1.807) is 18.2 Å².